The van der Waals surface area contributed by atoms with Gasteiger partial charge in [0, 0.05) is 20.3 Å². The van der Waals surface area contributed by atoms with Crippen LogP contribution in [0, 0.1) is 5.92 Å². The number of rotatable bonds is 4. The minimum atomic E-state index is 0.366. The number of nitrogens with one attached hydrogen (secondary N) is 1. The molecule has 17 heavy (non-hydrogen) atoms. The minimum Gasteiger partial charge on any atom is -0.381 e. The fourth-order valence-electron chi connectivity index (χ4n) is 2.53. The first-order chi connectivity index (χ1) is 8.24. The van der Waals surface area contributed by atoms with Gasteiger partial charge < -0.3 is 10.1 Å². The molecule has 1 saturated heterocycles. The first kappa shape index (κ1) is 13.1. The molecule has 0 aliphatic carbocycles. The third kappa shape index (κ3) is 2.89. The number of aromatic nitrogens is 2. The van der Waals surface area contributed by atoms with E-state index in [4.69, 9.17) is 4.74 Å². The first-order valence-corrected chi connectivity index (χ1v) is 7.01. The minimum absolute atomic E-state index is 0.366. The summed E-state index contributed by atoms with van der Waals surface area (Å²) in [4.78, 5) is 0. The van der Waals surface area contributed by atoms with Gasteiger partial charge in [-0.1, -0.05) is 6.92 Å². The van der Waals surface area contributed by atoms with Crippen LogP contribution in [0.5, 0.6) is 0 Å². The Morgan fingerprint density at radius 1 is 1.59 bits per heavy atom. The number of ether oxygens (including phenoxy) is 1. The van der Waals surface area contributed by atoms with Crippen LogP contribution in [0.4, 0.5) is 0 Å². The van der Waals surface area contributed by atoms with Crippen LogP contribution in [0.2, 0.25) is 0 Å². The third-order valence-electron chi connectivity index (χ3n) is 3.39. The maximum Gasteiger partial charge on any atom is 0.0695 e. The highest BCUT2D eigenvalue weighted by atomic mass is 79.9. The lowest BCUT2D eigenvalue weighted by Gasteiger charge is -2.31. The normalized spacial score (nSPS) is 19.5. The van der Waals surface area contributed by atoms with Crippen LogP contribution in [0.25, 0.3) is 0 Å². The molecule has 1 atom stereocenters. The zero-order valence-electron chi connectivity index (χ0n) is 10.4. The van der Waals surface area contributed by atoms with Crippen LogP contribution in [-0.2, 0) is 11.8 Å². The van der Waals surface area contributed by atoms with Gasteiger partial charge in [0.1, 0.15) is 0 Å². The number of halogens is 1. The van der Waals surface area contributed by atoms with Crippen molar-refractivity contribution in [3.05, 3.63) is 16.4 Å². The molecule has 0 aromatic carbocycles. The largest absolute Gasteiger partial charge is 0.381 e. The average Bonchev–Trinajstić information content (AvgIpc) is 2.68. The SMILES string of the molecule is CCNC(c1c(Br)cnn1C)C1CCOCC1. The van der Waals surface area contributed by atoms with Crippen molar-refractivity contribution in [3.8, 4) is 0 Å². The topological polar surface area (TPSA) is 39.1 Å². The van der Waals surface area contributed by atoms with Crippen molar-refractivity contribution in [2.24, 2.45) is 13.0 Å². The van der Waals surface area contributed by atoms with Crippen LogP contribution in [0.15, 0.2) is 10.7 Å². The zero-order chi connectivity index (χ0) is 12.3. The highest BCUT2D eigenvalue weighted by molar-refractivity contribution is 9.10. The van der Waals surface area contributed by atoms with E-state index in [1.54, 1.807) is 0 Å². The predicted molar refractivity (Wildman–Crippen MR) is 70.9 cm³/mol. The third-order valence-corrected chi connectivity index (χ3v) is 4.00. The molecule has 0 radical (unpaired) electrons. The van der Waals surface area contributed by atoms with Crippen molar-refractivity contribution in [2.75, 3.05) is 19.8 Å². The van der Waals surface area contributed by atoms with Crippen LogP contribution in [0.1, 0.15) is 31.5 Å². The molecule has 1 aliphatic rings. The summed E-state index contributed by atoms with van der Waals surface area (Å²) in [7, 11) is 2.00. The molecule has 1 unspecified atom stereocenters. The number of aryl methyl sites for hydroxylation is 1. The van der Waals surface area contributed by atoms with Crippen LogP contribution in [0.3, 0.4) is 0 Å². The quantitative estimate of drug-likeness (QED) is 0.927. The Kier molecular flexibility index (Phi) is 4.59. The monoisotopic (exact) mass is 301 g/mol. The lowest BCUT2D eigenvalue weighted by Crippen LogP contribution is -2.33. The second-order valence-corrected chi connectivity index (χ2v) is 5.34. The Bertz CT molecular complexity index is 341. The molecule has 1 aromatic heterocycles. The summed E-state index contributed by atoms with van der Waals surface area (Å²) in [6.45, 7) is 4.88. The Labute approximate surface area is 111 Å². The molecule has 0 spiro atoms. The van der Waals surface area contributed by atoms with E-state index in [1.807, 2.05) is 17.9 Å². The average molecular weight is 302 g/mol. The molecule has 0 bridgehead atoms. The van der Waals surface area contributed by atoms with E-state index in [0.717, 1.165) is 37.1 Å². The van der Waals surface area contributed by atoms with Gasteiger partial charge in [0.2, 0.25) is 0 Å². The van der Waals surface area contributed by atoms with E-state index in [-0.39, 0.29) is 0 Å². The van der Waals surface area contributed by atoms with E-state index in [2.05, 4.69) is 33.3 Å². The summed E-state index contributed by atoms with van der Waals surface area (Å²) in [5.74, 6) is 0.635. The summed E-state index contributed by atoms with van der Waals surface area (Å²) < 4.78 is 8.50. The van der Waals surface area contributed by atoms with E-state index in [0.29, 0.717) is 12.0 Å². The van der Waals surface area contributed by atoms with Gasteiger partial charge in [0.15, 0.2) is 0 Å². The Balaban J connectivity index is 2.21. The lowest BCUT2D eigenvalue weighted by atomic mass is 9.89. The van der Waals surface area contributed by atoms with Crippen molar-refractivity contribution < 1.29 is 4.74 Å². The van der Waals surface area contributed by atoms with Gasteiger partial charge in [0.05, 0.1) is 22.4 Å². The van der Waals surface area contributed by atoms with Crippen molar-refractivity contribution in [3.63, 3.8) is 0 Å². The molecule has 1 N–H and O–H groups in total. The highest BCUT2D eigenvalue weighted by Gasteiger charge is 2.28. The molecule has 1 aromatic rings. The van der Waals surface area contributed by atoms with Crippen LogP contribution < -0.4 is 5.32 Å². The molecular weight excluding hydrogens is 282 g/mol. The summed E-state index contributed by atoms with van der Waals surface area (Å²) in [6, 6.07) is 0.366. The van der Waals surface area contributed by atoms with Gasteiger partial charge in [0.25, 0.3) is 0 Å². The van der Waals surface area contributed by atoms with Crippen molar-refractivity contribution in [2.45, 2.75) is 25.8 Å². The molecule has 1 aliphatic heterocycles. The van der Waals surface area contributed by atoms with E-state index in [9.17, 15) is 0 Å². The van der Waals surface area contributed by atoms with Gasteiger partial charge >= 0.3 is 0 Å². The van der Waals surface area contributed by atoms with Gasteiger partial charge in [-0.15, -0.1) is 0 Å². The Morgan fingerprint density at radius 3 is 2.82 bits per heavy atom. The smallest absolute Gasteiger partial charge is 0.0695 e. The molecule has 4 nitrogen and oxygen atoms in total. The number of nitrogens with zero attached hydrogens (tertiary/aromatic N) is 2. The lowest BCUT2D eigenvalue weighted by molar-refractivity contribution is 0.0527. The predicted octanol–water partition coefficient (Wildman–Crippen LogP) is 2.26. The summed E-state index contributed by atoms with van der Waals surface area (Å²) in [5, 5.41) is 7.90. The van der Waals surface area contributed by atoms with Gasteiger partial charge in [-0.2, -0.15) is 5.10 Å². The van der Waals surface area contributed by atoms with E-state index >= 15 is 0 Å². The van der Waals surface area contributed by atoms with Crippen LogP contribution >= 0.6 is 15.9 Å². The maximum atomic E-state index is 5.44. The molecule has 0 amide bonds. The number of hydrogen-bond donors (Lipinski definition) is 1. The molecule has 5 heteroatoms. The fraction of sp³-hybridized carbons (Fsp3) is 0.750. The molecule has 2 rings (SSSR count). The maximum absolute atomic E-state index is 5.44. The summed E-state index contributed by atoms with van der Waals surface area (Å²) in [5.41, 5.74) is 1.25. The molecule has 2 heterocycles. The van der Waals surface area contributed by atoms with Gasteiger partial charge in [-0.25, -0.2) is 0 Å². The van der Waals surface area contributed by atoms with E-state index < -0.39 is 0 Å². The second-order valence-electron chi connectivity index (χ2n) is 4.49. The fourth-order valence-corrected chi connectivity index (χ4v) is 3.12. The molecule has 96 valence electrons. The van der Waals surface area contributed by atoms with Crippen LogP contribution in [-0.4, -0.2) is 29.5 Å². The summed E-state index contributed by atoms with van der Waals surface area (Å²) >= 11 is 3.60. The Hall–Kier alpha value is -0.390. The second kappa shape index (κ2) is 5.98. The van der Waals surface area contributed by atoms with Crippen molar-refractivity contribution in [1.82, 2.24) is 15.1 Å². The molecule has 0 saturated carbocycles. The van der Waals surface area contributed by atoms with E-state index in [1.165, 1.54) is 5.69 Å². The van der Waals surface area contributed by atoms with Gasteiger partial charge in [-0.3, -0.25) is 4.68 Å². The standard InChI is InChI=1S/C12H20BrN3O/c1-3-14-11(9-4-6-17-7-5-9)12-10(13)8-15-16(12)2/h8-9,11,14H,3-7H2,1-2H3. The highest BCUT2D eigenvalue weighted by Crippen LogP contribution is 2.33. The number of hydrogen-bond acceptors (Lipinski definition) is 3. The molecular formula is C12H20BrN3O. The summed E-state index contributed by atoms with van der Waals surface area (Å²) in [6.07, 6.45) is 4.11. The molecule has 1 fully saturated rings. The van der Waals surface area contributed by atoms with Gasteiger partial charge in [-0.05, 0) is 41.2 Å². The first-order valence-electron chi connectivity index (χ1n) is 6.22. The zero-order valence-corrected chi connectivity index (χ0v) is 12.0. The Morgan fingerprint density at radius 2 is 2.29 bits per heavy atom. The van der Waals surface area contributed by atoms with Crippen molar-refractivity contribution >= 4 is 15.9 Å². The van der Waals surface area contributed by atoms with Crippen molar-refractivity contribution in [1.29, 1.82) is 0 Å².